The number of rotatable bonds is 15. The van der Waals surface area contributed by atoms with E-state index in [1.54, 1.807) is 7.11 Å². The summed E-state index contributed by atoms with van der Waals surface area (Å²) in [5.74, 6) is -0.0972. The van der Waals surface area contributed by atoms with Crippen molar-refractivity contribution in [1.82, 2.24) is 0 Å². The summed E-state index contributed by atoms with van der Waals surface area (Å²) in [7, 11) is -2.33. The Morgan fingerprint density at radius 2 is 1.66 bits per heavy atom. The third kappa shape index (κ3) is 8.62. The van der Waals surface area contributed by atoms with E-state index in [2.05, 4.69) is 51.3 Å². The zero-order valence-corrected chi connectivity index (χ0v) is 21.3. The SMILES string of the molecule is CCCO[Si](C)(CCCN(CC(=O)O[Si](CC)(CC)CC)c1ccccc1)OC. The highest BCUT2D eigenvalue weighted by Crippen LogP contribution is 2.23. The van der Waals surface area contributed by atoms with Crippen LogP contribution >= 0.6 is 0 Å². The van der Waals surface area contributed by atoms with Gasteiger partial charge < -0.3 is 18.2 Å². The minimum atomic E-state index is -2.14. The molecule has 0 heterocycles. The first-order chi connectivity index (χ1) is 13.9. The van der Waals surface area contributed by atoms with Crippen molar-refractivity contribution in [2.75, 3.05) is 31.7 Å². The van der Waals surface area contributed by atoms with E-state index in [1.807, 2.05) is 18.2 Å². The number of anilines is 1. The highest BCUT2D eigenvalue weighted by atomic mass is 28.4. The van der Waals surface area contributed by atoms with Crippen molar-refractivity contribution in [3.63, 3.8) is 0 Å². The molecule has 1 unspecified atom stereocenters. The highest BCUT2D eigenvalue weighted by molar-refractivity contribution is 6.75. The second kappa shape index (κ2) is 13.2. The molecule has 1 aromatic carbocycles. The average Bonchev–Trinajstić information content (AvgIpc) is 2.76. The first-order valence-corrected chi connectivity index (χ1v) is 16.1. The van der Waals surface area contributed by atoms with E-state index in [0.717, 1.165) is 55.9 Å². The molecule has 5 nitrogen and oxygen atoms in total. The Balaban J connectivity index is 2.79. The molecule has 0 saturated carbocycles. The fourth-order valence-corrected chi connectivity index (χ4v) is 7.86. The lowest BCUT2D eigenvalue weighted by molar-refractivity contribution is -0.133. The zero-order valence-electron chi connectivity index (χ0n) is 19.3. The van der Waals surface area contributed by atoms with Crippen molar-refractivity contribution in [3.8, 4) is 0 Å². The third-order valence-corrected chi connectivity index (χ3v) is 13.3. The molecule has 29 heavy (non-hydrogen) atoms. The second-order valence-electron chi connectivity index (χ2n) is 7.76. The molecule has 0 saturated heterocycles. The molecule has 166 valence electrons. The Kier molecular flexibility index (Phi) is 11.8. The summed E-state index contributed by atoms with van der Waals surface area (Å²) in [6.07, 6.45) is 1.91. The van der Waals surface area contributed by atoms with Crippen molar-refractivity contribution in [3.05, 3.63) is 30.3 Å². The number of nitrogens with zero attached hydrogens (tertiary/aromatic N) is 1. The van der Waals surface area contributed by atoms with Crippen molar-refractivity contribution < 1.29 is 18.1 Å². The summed E-state index contributed by atoms with van der Waals surface area (Å²) in [4.78, 5) is 14.9. The molecule has 0 N–H and O–H groups in total. The van der Waals surface area contributed by atoms with Crippen LogP contribution in [0.2, 0.25) is 30.7 Å². The van der Waals surface area contributed by atoms with Crippen LogP contribution in [0.4, 0.5) is 5.69 Å². The van der Waals surface area contributed by atoms with E-state index in [4.69, 9.17) is 13.3 Å². The van der Waals surface area contributed by atoms with Gasteiger partial charge in [-0.3, -0.25) is 4.79 Å². The largest absolute Gasteiger partial charge is 0.518 e. The van der Waals surface area contributed by atoms with Crippen LogP contribution in [0, 0.1) is 0 Å². The quantitative estimate of drug-likeness (QED) is 0.334. The first-order valence-electron chi connectivity index (χ1n) is 11.1. The van der Waals surface area contributed by atoms with Gasteiger partial charge in [-0.2, -0.15) is 0 Å². The molecule has 0 spiro atoms. The van der Waals surface area contributed by atoms with Gasteiger partial charge in [-0.25, -0.2) is 0 Å². The fraction of sp³-hybridized carbons (Fsp3) is 0.682. The van der Waals surface area contributed by atoms with Crippen LogP contribution in [0.15, 0.2) is 30.3 Å². The number of hydrogen-bond acceptors (Lipinski definition) is 5. The monoisotopic (exact) mass is 439 g/mol. The molecule has 1 aromatic rings. The highest BCUT2D eigenvalue weighted by Gasteiger charge is 2.33. The molecule has 0 aromatic heterocycles. The standard InChI is InChI=1S/C22H41NO4Si2/c1-7-18-26-28(6,25-5)19-14-17-23(21-15-12-11-13-16-21)20-22(24)27-29(8-2,9-3)10-4/h11-13,15-16H,7-10,14,17-20H2,1-6H3. The molecule has 0 fully saturated rings. The van der Waals surface area contributed by atoms with E-state index in [9.17, 15) is 4.79 Å². The molecule has 1 atom stereocenters. The van der Waals surface area contributed by atoms with Crippen LogP contribution in [0.1, 0.15) is 40.5 Å². The number of carbonyl (C=O) groups is 1. The van der Waals surface area contributed by atoms with E-state index in [-0.39, 0.29) is 5.97 Å². The second-order valence-corrected chi connectivity index (χ2v) is 15.9. The van der Waals surface area contributed by atoms with Crippen molar-refractivity contribution in [1.29, 1.82) is 0 Å². The Morgan fingerprint density at radius 1 is 1.03 bits per heavy atom. The number of para-hydroxylation sites is 1. The first kappa shape index (κ1) is 25.9. The Labute approximate surface area is 180 Å². The van der Waals surface area contributed by atoms with E-state index in [0.29, 0.717) is 6.54 Å². The van der Waals surface area contributed by atoms with Gasteiger partial charge in [0.2, 0.25) is 0 Å². The molecule has 0 bridgehead atoms. The summed E-state index contributed by atoms with van der Waals surface area (Å²) in [5.41, 5.74) is 1.05. The fourth-order valence-electron chi connectivity index (χ4n) is 3.48. The predicted molar refractivity (Wildman–Crippen MR) is 126 cm³/mol. The van der Waals surface area contributed by atoms with E-state index >= 15 is 0 Å². The summed E-state index contributed by atoms with van der Waals surface area (Å²) in [6.45, 7) is 12.5. The Hall–Kier alpha value is -1.16. The smallest absolute Gasteiger partial charge is 0.334 e. The number of carbonyl (C=O) groups excluding carboxylic acids is 1. The van der Waals surface area contributed by atoms with Gasteiger partial charge in [-0.1, -0.05) is 45.9 Å². The molecule has 7 heteroatoms. The van der Waals surface area contributed by atoms with Gasteiger partial charge in [0, 0.05) is 25.9 Å². The minimum absolute atomic E-state index is 0.0972. The molecule has 0 aliphatic heterocycles. The lowest BCUT2D eigenvalue weighted by atomic mass is 10.2. The average molecular weight is 440 g/mol. The minimum Gasteiger partial charge on any atom is -0.518 e. The van der Waals surface area contributed by atoms with Crippen molar-refractivity contribution in [2.24, 2.45) is 0 Å². The number of benzene rings is 1. The van der Waals surface area contributed by atoms with Gasteiger partial charge in [0.1, 0.15) is 6.54 Å². The van der Waals surface area contributed by atoms with E-state index < -0.39 is 16.9 Å². The third-order valence-electron chi connectivity index (χ3n) is 5.81. The zero-order chi connectivity index (χ0) is 21.8. The van der Waals surface area contributed by atoms with Crippen LogP contribution in [0.5, 0.6) is 0 Å². The van der Waals surface area contributed by atoms with Gasteiger partial charge in [-0.15, -0.1) is 0 Å². The van der Waals surface area contributed by atoms with Crippen LogP contribution in [-0.4, -0.2) is 49.7 Å². The lowest BCUT2D eigenvalue weighted by Gasteiger charge is -2.31. The number of hydrogen-bond donors (Lipinski definition) is 0. The molecule has 0 amide bonds. The van der Waals surface area contributed by atoms with Crippen LogP contribution in [0.3, 0.4) is 0 Å². The molecule has 0 aliphatic carbocycles. The topological polar surface area (TPSA) is 48.0 Å². The molecule has 0 aliphatic rings. The lowest BCUT2D eigenvalue weighted by Crippen LogP contribution is -2.43. The summed E-state index contributed by atoms with van der Waals surface area (Å²) < 4.78 is 17.8. The molecular formula is C22H41NO4Si2. The van der Waals surface area contributed by atoms with Crippen LogP contribution < -0.4 is 4.90 Å². The van der Waals surface area contributed by atoms with Crippen LogP contribution in [0.25, 0.3) is 0 Å². The summed E-state index contributed by atoms with van der Waals surface area (Å²) >= 11 is 0. The van der Waals surface area contributed by atoms with Gasteiger partial charge in [0.25, 0.3) is 8.32 Å². The van der Waals surface area contributed by atoms with Gasteiger partial charge in [-0.05, 0) is 55.7 Å². The van der Waals surface area contributed by atoms with Gasteiger partial charge >= 0.3 is 14.5 Å². The van der Waals surface area contributed by atoms with Gasteiger partial charge in [0.15, 0.2) is 0 Å². The maximum absolute atomic E-state index is 12.8. The van der Waals surface area contributed by atoms with Crippen LogP contribution in [-0.2, 0) is 18.1 Å². The van der Waals surface area contributed by atoms with Crippen molar-refractivity contribution in [2.45, 2.75) is 71.3 Å². The van der Waals surface area contributed by atoms with Crippen molar-refractivity contribution >= 4 is 28.5 Å². The molecule has 1 rings (SSSR count). The Bertz CT molecular complexity index is 575. The van der Waals surface area contributed by atoms with E-state index in [1.165, 1.54) is 0 Å². The molecular weight excluding hydrogens is 398 g/mol. The Morgan fingerprint density at radius 3 is 2.17 bits per heavy atom. The predicted octanol–water partition coefficient (Wildman–Crippen LogP) is 5.58. The normalized spacial score (nSPS) is 13.7. The molecule has 0 radical (unpaired) electrons. The summed E-state index contributed by atoms with van der Waals surface area (Å²) in [5, 5.41) is 0. The maximum atomic E-state index is 12.8. The van der Waals surface area contributed by atoms with Gasteiger partial charge in [0.05, 0.1) is 0 Å². The maximum Gasteiger partial charge on any atom is 0.334 e. The summed E-state index contributed by atoms with van der Waals surface area (Å²) in [6, 6.07) is 14.0.